The van der Waals surface area contributed by atoms with E-state index in [-0.39, 0.29) is 11.4 Å². The highest BCUT2D eigenvalue weighted by Gasteiger charge is 2.14. The van der Waals surface area contributed by atoms with E-state index in [0.717, 1.165) is 15.8 Å². The van der Waals surface area contributed by atoms with Crippen LogP contribution in [0.3, 0.4) is 0 Å². The van der Waals surface area contributed by atoms with Crippen molar-refractivity contribution in [2.45, 2.75) is 31.2 Å². The minimum atomic E-state index is -0.186. The van der Waals surface area contributed by atoms with E-state index in [1.807, 2.05) is 51.1 Å². The van der Waals surface area contributed by atoms with E-state index in [1.165, 1.54) is 11.8 Å². The number of nitrogens with one attached hydrogen (secondary N) is 1. The Balaban J connectivity index is 2.08. The second-order valence-corrected chi connectivity index (χ2v) is 6.44. The van der Waals surface area contributed by atoms with Crippen molar-refractivity contribution in [3.05, 3.63) is 36.5 Å². The van der Waals surface area contributed by atoms with Crippen molar-refractivity contribution in [2.24, 2.45) is 0 Å². The minimum Gasteiger partial charge on any atom is -0.351 e. The maximum absolute atomic E-state index is 11.8. The molecular formula is C15H18N2OS. The smallest absolute Gasteiger partial charge is 0.230 e. The first-order chi connectivity index (χ1) is 8.96. The average molecular weight is 274 g/mol. The average Bonchev–Trinajstić information content (AvgIpc) is 2.34. The van der Waals surface area contributed by atoms with Crippen LogP contribution in [0.4, 0.5) is 0 Å². The van der Waals surface area contributed by atoms with E-state index in [1.54, 1.807) is 6.20 Å². The summed E-state index contributed by atoms with van der Waals surface area (Å²) >= 11 is 1.52. The number of benzene rings is 1. The van der Waals surface area contributed by atoms with Gasteiger partial charge in [-0.05, 0) is 32.9 Å². The van der Waals surface area contributed by atoms with Gasteiger partial charge in [-0.3, -0.25) is 9.78 Å². The summed E-state index contributed by atoms with van der Waals surface area (Å²) in [6, 6.07) is 9.98. The predicted octanol–water partition coefficient (Wildman–Crippen LogP) is 3.24. The van der Waals surface area contributed by atoms with Gasteiger partial charge in [0, 0.05) is 22.0 Å². The molecule has 0 saturated carbocycles. The summed E-state index contributed by atoms with van der Waals surface area (Å²) in [4.78, 5) is 17.2. The molecule has 2 rings (SSSR count). The molecule has 1 N–H and O–H groups in total. The summed E-state index contributed by atoms with van der Waals surface area (Å²) in [6.45, 7) is 5.94. The number of nitrogens with zero attached hydrogens (tertiary/aromatic N) is 1. The van der Waals surface area contributed by atoms with Gasteiger partial charge in [-0.2, -0.15) is 0 Å². The first-order valence-electron chi connectivity index (χ1n) is 6.23. The van der Waals surface area contributed by atoms with E-state index in [2.05, 4.69) is 10.3 Å². The summed E-state index contributed by atoms with van der Waals surface area (Å²) in [7, 11) is 0. The molecule has 0 bridgehead atoms. The van der Waals surface area contributed by atoms with Crippen LogP contribution in [0.2, 0.25) is 0 Å². The maximum Gasteiger partial charge on any atom is 0.230 e. The van der Waals surface area contributed by atoms with Crippen LogP contribution in [0.5, 0.6) is 0 Å². The highest BCUT2D eigenvalue weighted by Crippen LogP contribution is 2.25. The van der Waals surface area contributed by atoms with Crippen molar-refractivity contribution in [2.75, 3.05) is 5.75 Å². The molecule has 0 spiro atoms. The zero-order chi connectivity index (χ0) is 13.9. The van der Waals surface area contributed by atoms with Gasteiger partial charge in [0.1, 0.15) is 0 Å². The van der Waals surface area contributed by atoms with Crippen LogP contribution >= 0.6 is 11.8 Å². The summed E-state index contributed by atoms with van der Waals surface area (Å²) in [5.41, 5.74) is 0.771. The molecular weight excluding hydrogens is 256 g/mol. The van der Waals surface area contributed by atoms with Crippen molar-refractivity contribution >= 4 is 28.6 Å². The van der Waals surface area contributed by atoms with Crippen molar-refractivity contribution < 1.29 is 4.79 Å². The molecule has 1 heterocycles. The predicted molar refractivity (Wildman–Crippen MR) is 80.4 cm³/mol. The number of hydrogen-bond acceptors (Lipinski definition) is 3. The van der Waals surface area contributed by atoms with Crippen LogP contribution in [0, 0.1) is 0 Å². The Morgan fingerprint density at radius 3 is 2.74 bits per heavy atom. The van der Waals surface area contributed by atoms with E-state index in [4.69, 9.17) is 0 Å². The number of pyridine rings is 1. The standard InChI is InChI=1S/C15H18N2OS/c1-15(2,3)17-13(18)10-19-12-8-4-6-11-7-5-9-16-14(11)12/h4-9H,10H2,1-3H3,(H,17,18). The number of para-hydroxylation sites is 1. The molecule has 2 aromatic rings. The van der Waals surface area contributed by atoms with E-state index < -0.39 is 0 Å². The molecule has 0 radical (unpaired) electrons. The molecule has 19 heavy (non-hydrogen) atoms. The van der Waals surface area contributed by atoms with Crippen LogP contribution in [0.25, 0.3) is 10.9 Å². The highest BCUT2D eigenvalue weighted by molar-refractivity contribution is 8.00. The number of hydrogen-bond donors (Lipinski definition) is 1. The lowest BCUT2D eigenvalue weighted by atomic mass is 10.1. The number of carbonyl (C=O) groups is 1. The monoisotopic (exact) mass is 274 g/mol. The van der Waals surface area contributed by atoms with Crippen LogP contribution in [-0.4, -0.2) is 22.2 Å². The number of fused-ring (bicyclic) bond motifs is 1. The number of carbonyl (C=O) groups excluding carboxylic acids is 1. The minimum absolute atomic E-state index is 0.0467. The molecule has 1 aromatic carbocycles. The molecule has 0 aliphatic heterocycles. The molecule has 0 aliphatic rings. The van der Waals surface area contributed by atoms with Gasteiger partial charge in [-0.1, -0.05) is 18.2 Å². The topological polar surface area (TPSA) is 42.0 Å². The lowest BCUT2D eigenvalue weighted by molar-refractivity contribution is -0.119. The van der Waals surface area contributed by atoms with Gasteiger partial charge >= 0.3 is 0 Å². The van der Waals surface area contributed by atoms with Crippen LogP contribution < -0.4 is 5.32 Å². The third-order valence-corrected chi connectivity index (χ3v) is 3.52. The molecule has 0 atom stereocenters. The molecule has 0 aliphatic carbocycles. The van der Waals surface area contributed by atoms with Gasteiger partial charge in [0.2, 0.25) is 5.91 Å². The fraction of sp³-hybridized carbons (Fsp3) is 0.333. The molecule has 4 heteroatoms. The molecule has 0 unspecified atom stereocenters. The van der Waals surface area contributed by atoms with E-state index >= 15 is 0 Å². The normalized spacial score (nSPS) is 11.5. The molecule has 1 aromatic heterocycles. The highest BCUT2D eigenvalue weighted by atomic mass is 32.2. The maximum atomic E-state index is 11.8. The SMILES string of the molecule is CC(C)(C)NC(=O)CSc1cccc2cccnc12. The second-order valence-electron chi connectivity index (χ2n) is 5.42. The fourth-order valence-corrected chi connectivity index (χ4v) is 2.63. The Morgan fingerprint density at radius 2 is 2.00 bits per heavy atom. The summed E-state index contributed by atoms with van der Waals surface area (Å²) < 4.78 is 0. The quantitative estimate of drug-likeness (QED) is 0.874. The number of amides is 1. The Morgan fingerprint density at radius 1 is 1.26 bits per heavy atom. The zero-order valence-corrected chi connectivity index (χ0v) is 12.3. The van der Waals surface area contributed by atoms with Crippen molar-refractivity contribution in [3.63, 3.8) is 0 Å². The molecule has 0 saturated heterocycles. The second kappa shape index (κ2) is 5.61. The summed E-state index contributed by atoms with van der Waals surface area (Å²) in [5, 5.41) is 4.06. The van der Waals surface area contributed by atoms with Gasteiger partial charge in [0.25, 0.3) is 0 Å². The van der Waals surface area contributed by atoms with Crippen molar-refractivity contribution in [1.82, 2.24) is 10.3 Å². The van der Waals surface area contributed by atoms with Crippen molar-refractivity contribution in [3.8, 4) is 0 Å². The van der Waals surface area contributed by atoms with Crippen molar-refractivity contribution in [1.29, 1.82) is 0 Å². The lowest BCUT2D eigenvalue weighted by Crippen LogP contribution is -2.41. The van der Waals surface area contributed by atoms with Gasteiger partial charge < -0.3 is 5.32 Å². The number of rotatable bonds is 3. The van der Waals surface area contributed by atoms with Gasteiger partial charge in [0.15, 0.2) is 0 Å². The van der Waals surface area contributed by atoms with Crippen LogP contribution in [-0.2, 0) is 4.79 Å². The lowest BCUT2D eigenvalue weighted by Gasteiger charge is -2.20. The Bertz CT molecular complexity index is 585. The Kier molecular flexibility index (Phi) is 4.10. The molecule has 0 fully saturated rings. The molecule has 1 amide bonds. The number of aromatic nitrogens is 1. The largest absolute Gasteiger partial charge is 0.351 e. The van der Waals surface area contributed by atoms with E-state index in [0.29, 0.717) is 5.75 Å². The zero-order valence-electron chi connectivity index (χ0n) is 11.4. The van der Waals surface area contributed by atoms with Gasteiger partial charge in [0.05, 0.1) is 11.3 Å². The Hall–Kier alpha value is -1.55. The third-order valence-electron chi connectivity index (χ3n) is 2.47. The Labute approximate surface area is 117 Å². The van der Waals surface area contributed by atoms with Gasteiger partial charge in [-0.15, -0.1) is 11.8 Å². The van der Waals surface area contributed by atoms with Crippen LogP contribution in [0.15, 0.2) is 41.4 Å². The first-order valence-corrected chi connectivity index (χ1v) is 7.22. The summed E-state index contributed by atoms with van der Waals surface area (Å²) in [5.74, 6) is 0.456. The molecule has 100 valence electrons. The first kappa shape index (κ1) is 13.9. The third kappa shape index (κ3) is 3.96. The summed E-state index contributed by atoms with van der Waals surface area (Å²) in [6.07, 6.45) is 1.78. The van der Waals surface area contributed by atoms with Crippen LogP contribution in [0.1, 0.15) is 20.8 Å². The molecule has 3 nitrogen and oxygen atoms in total. The number of thioether (sulfide) groups is 1. The van der Waals surface area contributed by atoms with Gasteiger partial charge in [-0.25, -0.2) is 0 Å². The fourth-order valence-electron chi connectivity index (χ4n) is 1.79. The van der Waals surface area contributed by atoms with E-state index in [9.17, 15) is 4.79 Å².